The number of nitrogens with zero attached hydrogens (tertiary/aromatic N) is 1. The van der Waals surface area contributed by atoms with E-state index < -0.39 is 10.0 Å². The number of carbonyl (C=O) groups excluding carboxylic acids is 1. The minimum atomic E-state index is -3.57. The predicted octanol–water partition coefficient (Wildman–Crippen LogP) is 2.42. The number of carbonyl (C=O) groups is 1. The van der Waals surface area contributed by atoms with Gasteiger partial charge in [-0.3, -0.25) is 4.79 Å². The fourth-order valence-electron chi connectivity index (χ4n) is 2.87. The Morgan fingerprint density at radius 1 is 1.26 bits per heavy atom. The Morgan fingerprint density at radius 3 is 2.61 bits per heavy atom. The van der Waals surface area contributed by atoms with Gasteiger partial charge in [0, 0.05) is 30.1 Å². The van der Waals surface area contributed by atoms with E-state index in [1.165, 1.54) is 33.4 Å². The van der Waals surface area contributed by atoms with Gasteiger partial charge in [0.25, 0.3) is 5.91 Å². The molecule has 0 saturated carbocycles. The van der Waals surface area contributed by atoms with Gasteiger partial charge in [-0.05, 0) is 54.6 Å². The largest absolute Gasteiger partial charge is 0.355 e. The predicted molar refractivity (Wildman–Crippen MR) is 90.2 cm³/mol. The third kappa shape index (κ3) is 2.80. The number of rotatable bonds is 3. The zero-order valence-corrected chi connectivity index (χ0v) is 14.6. The zero-order valence-electron chi connectivity index (χ0n) is 12.9. The first-order chi connectivity index (χ1) is 10.9. The van der Waals surface area contributed by atoms with Crippen LogP contribution in [-0.4, -0.2) is 32.2 Å². The molecule has 2 heterocycles. The molecule has 1 aromatic carbocycles. The Hall–Kier alpha value is -1.70. The first-order valence-corrected chi connectivity index (χ1v) is 9.67. The van der Waals surface area contributed by atoms with Crippen molar-refractivity contribution in [3.8, 4) is 0 Å². The highest BCUT2D eigenvalue weighted by Gasteiger charge is 2.34. The molecule has 3 rings (SSSR count). The Labute approximate surface area is 140 Å². The van der Waals surface area contributed by atoms with Crippen LogP contribution in [0.4, 0.5) is 0 Å². The van der Waals surface area contributed by atoms with E-state index in [9.17, 15) is 13.2 Å². The maximum Gasteiger partial charge on any atom is 0.251 e. The highest BCUT2D eigenvalue weighted by Crippen LogP contribution is 2.36. The van der Waals surface area contributed by atoms with Crippen molar-refractivity contribution >= 4 is 27.3 Å². The van der Waals surface area contributed by atoms with Crippen molar-refractivity contribution in [2.45, 2.75) is 24.3 Å². The van der Waals surface area contributed by atoms with Gasteiger partial charge < -0.3 is 5.32 Å². The number of sulfonamides is 1. The van der Waals surface area contributed by atoms with Gasteiger partial charge in [0.2, 0.25) is 10.0 Å². The fourth-order valence-corrected chi connectivity index (χ4v) is 5.45. The molecule has 1 aliphatic heterocycles. The number of hydrogen-bond acceptors (Lipinski definition) is 4. The lowest BCUT2D eigenvalue weighted by molar-refractivity contribution is 0.0963. The summed E-state index contributed by atoms with van der Waals surface area (Å²) in [6, 6.07) is 7.90. The molecule has 7 heteroatoms. The number of hydrogen-bond donors (Lipinski definition) is 1. The second-order valence-corrected chi connectivity index (χ2v) is 8.34. The molecule has 0 unspecified atom stereocenters. The zero-order chi connectivity index (χ0) is 16.6. The molecular formula is C16H18N2O3S2. The molecule has 5 nitrogen and oxygen atoms in total. The second kappa shape index (κ2) is 6.07. The van der Waals surface area contributed by atoms with Crippen LogP contribution >= 0.6 is 11.3 Å². The Kier molecular flexibility index (Phi) is 4.27. The smallest absolute Gasteiger partial charge is 0.251 e. The van der Waals surface area contributed by atoms with E-state index in [1.54, 1.807) is 18.4 Å². The average molecular weight is 350 g/mol. The molecule has 23 heavy (non-hydrogen) atoms. The number of fused-ring (bicyclic) bond motifs is 1. The minimum Gasteiger partial charge on any atom is -0.355 e. The summed E-state index contributed by atoms with van der Waals surface area (Å²) in [4.78, 5) is 13.0. The Morgan fingerprint density at radius 2 is 1.96 bits per heavy atom. The highest BCUT2D eigenvalue weighted by atomic mass is 32.2. The lowest BCUT2D eigenvalue weighted by Crippen LogP contribution is -2.38. The van der Waals surface area contributed by atoms with Crippen molar-refractivity contribution in [1.82, 2.24) is 9.62 Å². The quantitative estimate of drug-likeness (QED) is 0.924. The van der Waals surface area contributed by atoms with E-state index in [-0.39, 0.29) is 16.8 Å². The lowest BCUT2D eigenvalue weighted by atomic mass is 10.0. The number of amides is 1. The van der Waals surface area contributed by atoms with Crippen molar-refractivity contribution < 1.29 is 13.2 Å². The van der Waals surface area contributed by atoms with Crippen LogP contribution in [0.1, 0.15) is 33.8 Å². The summed E-state index contributed by atoms with van der Waals surface area (Å²) in [5, 5.41) is 4.53. The summed E-state index contributed by atoms with van der Waals surface area (Å²) < 4.78 is 27.4. The van der Waals surface area contributed by atoms with Crippen LogP contribution in [0.25, 0.3) is 0 Å². The van der Waals surface area contributed by atoms with Crippen LogP contribution in [0.2, 0.25) is 0 Å². The SMILES string of the molecule is CNC(=O)c1ccc(S(=O)(=O)N2CCc3sccc3[C@@H]2C)cc1. The first-order valence-electron chi connectivity index (χ1n) is 7.35. The van der Waals surface area contributed by atoms with E-state index in [4.69, 9.17) is 0 Å². The van der Waals surface area contributed by atoms with E-state index in [2.05, 4.69) is 5.32 Å². The van der Waals surface area contributed by atoms with Crippen molar-refractivity contribution in [2.24, 2.45) is 0 Å². The summed E-state index contributed by atoms with van der Waals surface area (Å²) >= 11 is 1.68. The molecule has 2 aromatic rings. The van der Waals surface area contributed by atoms with Crippen LogP contribution < -0.4 is 5.32 Å². The molecule has 0 spiro atoms. The maximum absolute atomic E-state index is 12.9. The van der Waals surface area contributed by atoms with E-state index >= 15 is 0 Å². The molecule has 1 N–H and O–H groups in total. The van der Waals surface area contributed by atoms with Crippen molar-refractivity contribution in [2.75, 3.05) is 13.6 Å². The normalized spacial score (nSPS) is 18.4. The van der Waals surface area contributed by atoms with Gasteiger partial charge in [-0.25, -0.2) is 8.42 Å². The summed E-state index contributed by atoms with van der Waals surface area (Å²) in [5.74, 6) is -0.233. The molecule has 1 amide bonds. The van der Waals surface area contributed by atoms with Crippen LogP contribution in [0.15, 0.2) is 40.6 Å². The van der Waals surface area contributed by atoms with Gasteiger partial charge in [-0.15, -0.1) is 11.3 Å². The molecular weight excluding hydrogens is 332 g/mol. The van der Waals surface area contributed by atoms with Crippen LogP contribution in [0.5, 0.6) is 0 Å². The number of benzene rings is 1. The van der Waals surface area contributed by atoms with Gasteiger partial charge in [0.05, 0.1) is 4.90 Å². The second-order valence-electron chi connectivity index (χ2n) is 5.44. The molecule has 1 atom stereocenters. The first kappa shape index (κ1) is 16.2. The van der Waals surface area contributed by atoms with Crippen molar-refractivity contribution in [1.29, 1.82) is 0 Å². The van der Waals surface area contributed by atoms with Gasteiger partial charge >= 0.3 is 0 Å². The summed E-state index contributed by atoms with van der Waals surface area (Å²) in [5.41, 5.74) is 1.53. The Bertz CT molecular complexity index is 825. The topological polar surface area (TPSA) is 66.5 Å². The minimum absolute atomic E-state index is 0.173. The van der Waals surface area contributed by atoms with Crippen LogP contribution in [-0.2, 0) is 16.4 Å². The molecule has 0 fully saturated rings. The molecule has 1 aromatic heterocycles. The molecule has 0 bridgehead atoms. The van der Waals surface area contributed by atoms with E-state index in [1.807, 2.05) is 18.4 Å². The van der Waals surface area contributed by atoms with E-state index in [0.29, 0.717) is 12.1 Å². The standard InChI is InChI=1S/C16H18N2O3S2/c1-11-14-8-10-22-15(14)7-9-18(11)23(20,21)13-5-3-12(4-6-13)16(19)17-2/h3-6,8,10-11H,7,9H2,1-2H3,(H,17,19)/t11-/m0/s1. The van der Waals surface area contributed by atoms with Gasteiger partial charge in [0.1, 0.15) is 0 Å². The highest BCUT2D eigenvalue weighted by molar-refractivity contribution is 7.89. The fraction of sp³-hybridized carbons (Fsp3) is 0.312. The summed E-state index contributed by atoms with van der Waals surface area (Å²) in [7, 11) is -2.03. The maximum atomic E-state index is 12.9. The van der Waals surface area contributed by atoms with Crippen molar-refractivity contribution in [3.63, 3.8) is 0 Å². The van der Waals surface area contributed by atoms with E-state index in [0.717, 1.165) is 12.0 Å². The summed E-state index contributed by atoms with van der Waals surface area (Å²) in [6.07, 6.45) is 0.743. The molecule has 0 radical (unpaired) electrons. The third-order valence-electron chi connectivity index (χ3n) is 4.17. The Balaban J connectivity index is 1.92. The van der Waals surface area contributed by atoms with Gasteiger partial charge in [-0.1, -0.05) is 0 Å². The van der Waals surface area contributed by atoms with Crippen molar-refractivity contribution in [3.05, 3.63) is 51.7 Å². The van der Waals surface area contributed by atoms with Gasteiger partial charge in [0.15, 0.2) is 0 Å². The molecule has 0 saturated heterocycles. The molecule has 122 valence electrons. The monoisotopic (exact) mass is 350 g/mol. The average Bonchev–Trinajstić information content (AvgIpc) is 3.04. The lowest BCUT2D eigenvalue weighted by Gasteiger charge is -2.32. The van der Waals surface area contributed by atoms with Crippen LogP contribution in [0, 0.1) is 0 Å². The van der Waals surface area contributed by atoms with Gasteiger partial charge in [-0.2, -0.15) is 4.31 Å². The number of thiophene rings is 1. The third-order valence-corrected chi connectivity index (χ3v) is 7.15. The number of nitrogens with one attached hydrogen (secondary N) is 1. The molecule has 0 aliphatic carbocycles. The molecule has 1 aliphatic rings. The van der Waals surface area contributed by atoms with Crippen LogP contribution in [0.3, 0.4) is 0 Å². The summed E-state index contributed by atoms with van der Waals surface area (Å²) in [6.45, 7) is 2.40.